The molecule has 0 unspecified atom stereocenters. The van der Waals surface area contributed by atoms with Gasteiger partial charge in [-0.2, -0.15) is 0 Å². The molecular weight excluding hydrogens is 244 g/mol. The fourth-order valence-electron chi connectivity index (χ4n) is 2.09. The third-order valence-corrected chi connectivity index (χ3v) is 2.78. The first-order valence-corrected chi connectivity index (χ1v) is 5.74. The van der Waals surface area contributed by atoms with E-state index in [1.165, 1.54) is 12.4 Å². The van der Waals surface area contributed by atoms with E-state index in [9.17, 15) is 9.90 Å². The molecule has 5 heteroatoms. The Hall–Kier alpha value is -2.43. The topological polar surface area (TPSA) is 72.3 Å². The molecule has 0 aliphatic rings. The predicted octanol–water partition coefficient (Wildman–Crippen LogP) is 2.47. The fourth-order valence-corrected chi connectivity index (χ4v) is 2.09. The third kappa shape index (κ3) is 2.40. The summed E-state index contributed by atoms with van der Waals surface area (Å²) < 4.78 is 5.36. The number of carboxylic acid groups (broad SMARTS) is 1. The largest absolute Gasteiger partial charge is 0.496 e. The molecule has 1 heterocycles. The molecular formula is C14H14N2O3. The van der Waals surface area contributed by atoms with Crippen molar-refractivity contribution in [3.05, 3.63) is 41.3 Å². The second kappa shape index (κ2) is 5.06. The molecule has 0 atom stereocenters. The number of ether oxygens (including phenoxy) is 1. The van der Waals surface area contributed by atoms with Crippen LogP contribution in [0.2, 0.25) is 0 Å². The first-order chi connectivity index (χ1) is 9.04. The van der Waals surface area contributed by atoms with E-state index in [1.807, 2.05) is 26.0 Å². The zero-order valence-corrected chi connectivity index (χ0v) is 11.0. The fraction of sp³-hybridized carbons (Fsp3) is 0.214. The van der Waals surface area contributed by atoms with Gasteiger partial charge in [0.2, 0.25) is 0 Å². The number of rotatable bonds is 3. The molecule has 98 valence electrons. The molecule has 0 spiro atoms. The molecule has 1 aromatic heterocycles. The van der Waals surface area contributed by atoms with Crippen molar-refractivity contribution in [1.82, 2.24) is 9.97 Å². The Labute approximate surface area is 110 Å². The van der Waals surface area contributed by atoms with Crippen LogP contribution in [0.1, 0.15) is 21.6 Å². The van der Waals surface area contributed by atoms with Gasteiger partial charge in [0.05, 0.1) is 7.11 Å². The van der Waals surface area contributed by atoms with E-state index in [2.05, 4.69) is 9.97 Å². The van der Waals surface area contributed by atoms with Crippen LogP contribution in [0.25, 0.3) is 11.3 Å². The van der Waals surface area contributed by atoms with Gasteiger partial charge in [-0.25, -0.2) is 9.78 Å². The third-order valence-electron chi connectivity index (χ3n) is 2.78. The van der Waals surface area contributed by atoms with Crippen LogP contribution in [-0.4, -0.2) is 28.2 Å². The van der Waals surface area contributed by atoms with Crippen molar-refractivity contribution in [2.75, 3.05) is 7.11 Å². The summed E-state index contributed by atoms with van der Waals surface area (Å²) in [5.74, 6) is -0.488. The molecule has 0 radical (unpaired) electrons. The monoisotopic (exact) mass is 258 g/mol. The Balaban J connectivity index is 2.75. The van der Waals surface area contributed by atoms with E-state index >= 15 is 0 Å². The summed E-state index contributed by atoms with van der Waals surface area (Å²) >= 11 is 0. The number of aromatic nitrogens is 2. The molecule has 0 amide bonds. The molecule has 5 nitrogen and oxygen atoms in total. The number of hydrogen-bond donors (Lipinski definition) is 1. The smallest absolute Gasteiger partial charge is 0.356 e. The van der Waals surface area contributed by atoms with Gasteiger partial charge in [0.25, 0.3) is 0 Å². The lowest BCUT2D eigenvalue weighted by Crippen LogP contribution is -2.05. The minimum absolute atomic E-state index is 0.0780. The number of carboxylic acids is 1. The van der Waals surface area contributed by atoms with Crippen molar-refractivity contribution in [2.24, 2.45) is 0 Å². The average molecular weight is 258 g/mol. The van der Waals surface area contributed by atoms with Gasteiger partial charge in [-0.05, 0) is 31.0 Å². The van der Waals surface area contributed by atoms with Crippen LogP contribution >= 0.6 is 0 Å². The van der Waals surface area contributed by atoms with Gasteiger partial charge in [0.15, 0.2) is 5.69 Å². The lowest BCUT2D eigenvalue weighted by molar-refractivity contribution is 0.0691. The molecule has 0 saturated heterocycles. The van der Waals surface area contributed by atoms with Crippen molar-refractivity contribution in [3.63, 3.8) is 0 Å². The van der Waals surface area contributed by atoms with Crippen molar-refractivity contribution in [1.29, 1.82) is 0 Å². The standard InChI is InChI=1S/C14H14N2O3/c1-8-6-9(2)13(19-3)10(7-8)11-12(14(17)18)16-5-4-15-11/h4-7H,1-3H3,(H,17,18). The highest BCUT2D eigenvalue weighted by Crippen LogP contribution is 2.34. The summed E-state index contributed by atoms with van der Waals surface area (Å²) in [6.07, 6.45) is 2.83. The summed E-state index contributed by atoms with van der Waals surface area (Å²) in [6.45, 7) is 3.85. The Morgan fingerprint density at radius 3 is 2.53 bits per heavy atom. The molecule has 2 rings (SSSR count). The van der Waals surface area contributed by atoms with Crippen LogP contribution in [0.3, 0.4) is 0 Å². The van der Waals surface area contributed by atoms with E-state index < -0.39 is 5.97 Å². The number of nitrogens with zero attached hydrogens (tertiary/aromatic N) is 2. The highest BCUT2D eigenvalue weighted by molar-refractivity contribution is 5.93. The zero-order chi connectivity index (χ0) is 14.0. The Bertz CT molecular complexity index is 639. The Morgan fingerprint density at radius 2 is 1.89 bits per heavy atom. The second-order valence-corrected chi connectivity index (χ2v) is 4.22. The lowest BCUT2D eigenvalue weighted by atomic mass is 10.0. The lowest BCUT2D eigenvalue weighted by Gasteiger charge is -2.13. The average Bonchev–Trinajstić information content (AvgIpc) is 2.37. The van der Waals surface area contributed by atoms with Gasteiger partial charge in [-0.3, -0.25) is 4.98 Å². The van der Waals surface area contributed by atoms with Gasteiger partial charge in [0, 0.05) is 18.0 Å². The second-order valence-electron chi connectivity index (χ2n) is 4.22. The number of carbonyl (C=O) groups is 1. The minimum Gasteiger partial charge on any atom is -0.496 e. The SMILES string of the molecule is COc1c(C)cc(C)cc1-c1nccnc1C(=O)O. The van der Waals surface area contributed by atoms with Crippen molar-refractivity contribution in [3.8, 4) is 17.0 Å². The molecule has 2 aromatic rings. The van der Waals surface area contributed by atoms with Crippen molar-refractivity contribution < 1.29 is 14.6 Å². The summed E-state index contributed by atoms with van der Waals surface area (Å²) in [5.41, 5.74) is 2.82. The number of methoxy groups -OCH3 is 1. The van der Waals surface area contributed by atoms with Crippen LogP contribution < -0.4 is 4.74 Å². The van der Waals surface area contributed by atoms with Crippen LogP contribution in [0.5, 0.6) is 5.75 Å². The van der Waals surface area contributed by atoms with E-state index in [4.69, 9.17) is 4.74 Å². The quantitative estimate of drug-likeness (QED) is 0.915. The van der Waals surface area contributed by atoms with Gasteiger partial charge in [-0.15, -0.1) is 0 Å². The molecule has 0 aliphatic heterocycles. The highest BCUT2D eigenvalue weighted by Gasteiger charge is 2.19. The van der Waals surface area contributed by atoms with E-state index in [-0.39, 0.29) is 5.69 Å². The first-order valence-electron chi connectivity index (χ1n) is 5.74. The maximum absolute atomic E-state index is 11.2. The molecule has 0 saturated carbocycles. The van der Waals surface area contributed by atoms with Crippen molar-refractivity contribution in [2.45, 2.75) is 13.8 Å². The zero-order valence-electron chi connectivity index (χ0n) is 11.0. The number of aryl methyl sites for hydroxylation is 2. The molecule has 0 bridgehead atoms. The minimum atomic E-state index is -1.11. The van der Waals surface area contributed by atoms with Gasteiger partial charge in [-0.1, -0.05) is 6.07 Å². The normalized spacial score (nSPS) is 10.3. The van der Waals surface area contributed by atoms with Gasteiger partial charge < -0.3 is 9.84 Å². The Morgan fingerprint density at radius 1 is 1.21 bits per heavy atom. The van der Waals surface area contributed by atoms with Crippen molar-refractivity contribution >= 4 is 5.97 Å². The highest BCUT2D eigenvalue weighted by atomic mass is 16.5. The van der Waals surface area contributed by atoms with Gasteiger partial charge in [0.1, 0.15) is 11.4 Å². The van der Waals surface area contributed by atoms with Gasteiger partial charge >= 0.3 is 5.97 Å². The van der Waals surface area contributed by atoms with Crippen LogP contribution in [-0.2, 0) is 0 Å². The predicted molar refractivity (Wildman–Crippen MR) is 70.5 cm³/mol. The molecule has 0 aliphatic carbocycles. The van der Waals surface area contributed by atoms with Crippen LogP contribution in [0.15, 0.2) is 24.5 Å². The number of benzene rings is 1. The van der Waals surface area contributed by atoms with E-state index in [0.29, 0.717) is 17.0 Å². The summed E-state index contributed by atoms with van der Waals surface area (Å²) in [6, 6.07) is 3.82. The van der Waals surface area contributed by atoms with E-state index in [0.717, 1.165) is 11.1 Å². The number of hydrogen-bond acceptors (Lipinski definition) is 4. The first kappa shape index (κ1) is 13.0. The molecule has 0 fully saturated rings. The number of aromatic carboxylic acids is 1. The summed E-state index contributed by atoms with van der Waals surface area (Å²) in [4.78, 5) is 19.2. The summed E-state index contributed by atoms with van der Waals surface area (Å²) in [7, 11) is 1.55. The van der Waals surface area contributed by atoms with Crippen LogP contribution in [0, 0.1) is 13.8 Å². The maximum atomic E-state index is 11.2. The Kier molecular flexibility index (Phi) is 3.46. The van der Waals surface area contributed by atoms with Crippen LogP contribution in [0.4, 0.5) is 0 Å². The molecule has 1 N–H and O–H groups in total. The molecule has 1 aromatic carbocycles. The van der Waals surface area contributed by atoms with E-state index in [1.54, 1.807) is 7.11 Å². The summed E-state index contributed by atoms with van der Waals surface area (Å²) in [5, 5.41) is 9.19. The molecule has 19 heavy (non-hydrogen) atoms. The maximum Gasteiger partial charge on any atom is 0.356 e.